The normalized spacial score (nSPS) is 23.5. The molecular weight excluding hydrogens is 290 g/mol. The maximum atomic E-state index is 12.4. The van der Waals surface area contributed by atoms with Crippen molar-refractivity contribution in [1.29, 1.82) is 0 Å². The summed E-state index contributed by atoms with van der Waals surface area (Å²) < 4.78 is 12.4. The zero-order valence-corrected chi connectivity index (χ0v) is 13.3. The maximum absolute atomic E-state index is 12.4. The molecule has 0 unspecified atom stereocenters. The van der Waals surface area contributed by atoms with E-state index in [9.17, 15) is 4.79 Å². The summed E-state index contributed by atoms with van der Waals surface area (Å²) in [5.41, 5.74) is 0.521. The second-order valence-electron chi connectivity index (χ2n) is 5.67. The predicted molar refractivity (Wildman–Crippen MR) is 80.6 cm³/mol. The number of hydrogen-bond donors (Lipinski definition) is 0. The van der Waals surface area contributed by atoms with Crippen LogP contribution in [-0.2, 0) is 16.0 Å². The van der Waals surface area contributed by atoms with Gasteiger partial charge in [0.1, 0.15) is 5.69 Å². The zero-order chi connectivity index (χ0) is 14.9. The Labute approximate surface area is 128 Å². The third-order valence-electron chi connectivity index (χ3n) is 4.14. The van der Waals surface area contributed by atoms with Gasteiger partial charge in [0, 0.05) is 39.3 Å². The fourth-order valence-electron chi connectivity index (χ4n) is 2.91. The molecule has 2 saturated heterocycles. The lowest BCUT2D eigenvalue weighted by Crippen LogP contribution is -2.60. The summed E-state index contributed by atoms with van der Waals surface area (Å²) in [6.45, 7) is 2.87. The van der Waals surface area contributed by atoms with E-state index in [0.717, 1.165) is 25.3 Å². The van der Waals surface area contributed by atoms with Crippen molar-refractivity contribution in [2.24, 2.45) is 0 Å². The average molecular weight is 311 g/mol. The Hall–Kier alpha value is -1.05. The van der Waals surface area contributed by atoms with E-state index in [1.54, 1.807) is 25.0 Å². The first-order valence-corrected chi connectivity index (χ1v) is 8.13. The third kappa shape index (κ3) is 2.95. The molecule has 116 valence electrons. The number of nitrogens with zero attached hydrogens (tertiary/aromatic N) is 3. The minimum absolute atomic E-state index is 0.0262. The number of rotatable bonds is 5. The van der Waals surface area contributed by atoms with E-state index in [-0.39, 0.29) is 10.7 Å². The standard InChI is InChI=1S/C14H21N3O3S/c1-19-6-5-17-4-3-12(15-17)13(18)16-9-14(10-16)7-11(20-2)8-21-14/h3-4,11H,5-10H2,1-2H3/t11-/m0/s1. The highest BCUT2D eigenvalue weighted by Crippen LogP contribution is 2.46. The number of aromatic nitrogens is 2. The smallest absolute Gasteiger partial charge is 0.274 e. The molecule has 0 aliphatic carbocycles. The number of ether oxygens (including phenoxy) is 2. The molecule has 7 heteroatoms. The van der Waals surface area contributed by atoms with E-state index in [1.807, 2.05) is 22.9 Å². The molecule has 1 aromatic rings. The fourth-order valence-corrected chi connectivity index (χ4v) is 4.51. The summed E-state index contributed by atoms with van der Waals surface area (Å²) in [4.78, 5) is 14.3. The Bertz CT molecular complexity index is 513. The van der Waals surface area contributed by atoms with Gasteiger partial charge in [0.05, 0.1) is 24.0 Å². The van der Waals surface area contributed by atoms with Gasteiger partial charge in [-0.3, -0.25) is 9.48 Å². The van der Waals surface area contributed by atoms with Gasteiger partial charge in [0.15, 0.2) is 0 Å². The topological polar surface area (TPSA) is 56.6 Å². The Morgan fingerprint density at radius 1 is 1.52 bits per heavy atom. The van der Waals surface area contributed by atoms with Gasteiger partial charge >= 0.3 is 0 Å². The van der Waals surface area contributed by atoms with Crippen LogP contribution in [0.1, 0.15) is 16.9 Å². The molecule has 0 radical (unpaired) electrons. The molecule has 0 bridgehead atoms. The van der Waals surface area contributed by atoms with E-state index < -0.39 is 0 Å². The lowest BCUT2D eigenvalue weighted by atomic mass is 9.92. The van der Waals surface area contributed by atoms with E-state index in [0.29, 0.717) is 24.9 Å². The molecule has 2 aliphatic rings. The summed E-state index contributed by atoms with van der Waals surface area (Å²) in [6.07, 6.45) is 3.20. The SMILES string of the molecule is COCCn1ccc(C(=O)N2CC3(C[C@H](OC)CS3)C2)n1. The first kappa shape index (κ1) is 14.9. The van der Waals surface area contributed by atoms with Crippen molar-refractivity contribution >= 4 is 17.7 Å². The fraction of sp³-hybridized carbons (Fsp3) is 0.714. The Kier molecular flexibility index (Phi) is 4.24. The van der Waals surface area contributed by atoms with Gasteiger partial charge in [-0.05, 0) is 12.5 Å². The van der Waals surface area contributed by atoms with Gasteiger partial charge in [0.25, 0.3) is 5.91 Å². The van der Waals surface area contributed by atoms with Gasteiger partial charge < -0.3 is 14.4 Å². The predicted octanol–water partition coefficient (Wildman–Crippen LogP) is 0.876. The van der Waals surface area contributed by atoms with Crippen molar-refractivity contribution < 1.29 is 14.3 Å². The van der Waals surface area contributed by atoms with Crippen LogP contribution in [-0.4, -0.2) is 71.1 Å². The summed E-state index contributed by atoms with van der Waals surface area (Å²) in [6, 6.07) is 1.78. The number of carbonyl (C=O) groups excluding carboxylic acids is 1. The molecule has 3 rings (SSSR count). The van der Waals surface area contributed by atoms with E-state index in [2.05, 4.69) is 5.10 Å². The number of likely N-dealkylation sites (tertiary alicyclic amines) is 1. The Morgan fingerprint density at radius 2 is 2.33 bits per heavy atom. The highest BCUT2D eigenvalue weighted by Gasteiger charge is 2.51. The van der Waals surface area contributed by atoms with Crippen molar-refractivity contribution in [3.63, 3.8) is 0 Å². The molecule has 3 heterocycles. The second kappa shape index (κ2) is 5.98. The van der Waals surface area contributed by atoms with Gasteiger partial charge in [-0.2, -0.15) is 5.10 Å². The van der Waals surface area contributed by atoms with Crippen LogP contribution in [0.5, 0.6) is 0 Å². The quantitative estimate of drug-likeness (QED) is 0.808. The van der Waals surface area contributed by atoms with Crippen LogP contribution in [0.25, 0.3) is 0 Å². The molecule has 2 fully saturated rings. The molecule has 0 N–H and O–H groups in total. The minimum atomic E-state index is 0.0262. The van der Waals surface area contributed by atoms with Crippen LogP contribution in [0, 0.1) is 0 Å². The monoisotopic (exact) mass is 311 g/mol. The molecule has 1 atom stereocenters. The Balaban J connectivity index is 1.54. The summed E-state index contributed by atoms with van der Waals surface area (Å²) in [5, 5.41) is 4.31. The first-order chi connectivity index (χ1) is 10.2. The Morgan fingerprint density at radius 3 is 3.00 bits per heavy atom. The lowest BCUT2D eigenvalue weighted by Gasteiger charge is -2.47. The molecular formula is C14H21N3O3S. The van der Waals surface area contributed by atoms with Crippen LogP contribution in [0.2, 0.25) is 0 Å². The van der Waals surface area contributed by atoms with Gasteiger partial charge in [-0.15, -0.1) is 11.8 Å². The number of carbonyl (C=O) groups is 1. The maximum Gasteiger partial charge on any atom is 0.274 e. The van der Waals surface area contributed by atoms with E-state index in [4.69, 9.17) is 9.47 Å². The minimum Gasteiger partial charge on any atom is -0.383 e. The zero-order valence-electron chi connectivity index (χ0n) is 12.4. The van der Waals surface area contributed by atoms with Crippen molar-refractivity contribution in [2.75, 3.05) is 39.7 Å². The lowest BCUT2D eigenvalue weighted by molar-refractivity contribution is 0.0445. The highest BCUT2D eigenvalue weighted by molar-refractivity contribution is 8.01. The molecule has 2 aliphatic heterocycles. The van der Waals surface area contributed by atoms with Crippen molar-refractivity contribution in [3.8, 4) is 0 Å². The highest BCUT2D eigenvalue weighted by atomic mass is 32.2. The molecule has 21 heavy (non-hydrogen) atoms. The summed E-state index contributed by atoms with van der Waals surface area (Å²) in [7, 11) is 3.42. The van der Waals surface area contributed by atoms with Crippen molar-refractivity contribution in [1.82, 2.24) is 14.7 Å². The van der Waals surface area contributed by atoms with E-state index in [1.165, 1.54) is 0 Å². The van der Waals surface area contributed by atoms with Crippen molar-refractivity contribution in [3.05, 3.63) is 18.0 Å². The van der Waals surface area contributed by atoms with Crippen LogP contribution in [0.4, 0.5) is 0 Å². The largest absolute Gasteiger partial charge is 0.383 e. The second-order valence-corrected chi connectivity index (χ2v) is 7.16. The molecule has 0 aromatic carbocycles. The average Bonchev–Trinajstić information content (AvgIpc) is 3.09. The van der Waals surface area contributed by atoms with Crippen molar-refractivity contribution in [2.45, 2.75) is 23.8 Å². The first-order valence-electron chi connectivity index (χ1n) is 7.14. The number of thioether (sulfide) groups is 1. The van der Waals surface area contributed by atoms with Crippen LogP contribution in [0.3, 0.4) is 0 Å². The van der Waals surface area contributed by atoms with Gasteiger partial charge in [-0.1, -0.05) is 0 Å². The molecule has 1 amide bonds. The van der Waals surface area contributed by atoms with Gasteiger partial charge in [-0.25, -0.2) is 0 Å². The number of hydrogen-bond acceptors (Lipinski definition) is 5. The third-order valence-corrected chi connectivity index (χ3v) is 5.71. The number of amides is 1. The summed E-state index contributed by atoms with van der Waals surface area (Å²) >= 11 is 1.94. The van der Waals surface area contributed by atoms with E-state index >= 15 is 0 Å². The molecule has 0 saturated carbocycles. The van der Waals surface area contributed by atoms with Crippen LogP contribution >= 0.6 is 11.8 Å². The number of methoxy groups -OCH3 is 2. The van der Waals surface area contributed by atoms with Crippen LogP contribution in [0.15, 0.2) is 12.3 Å². The summed E-state index contributed by atoms with van der Waals surface area (Å²) in [5.74, 6) is 1.06. The molecule has 1 aromatic heterocycles. The molecule has 6 nitrogen and oxygen atoms in total. The van der Waals surface area contributed by atoms with Gasteiger partial charge in [0.2, 0.25) is 0 Å². The van der Waals surface area contributed by atoms with Crippen LogP contribution < -0.4 is 0 Å². The molecule has 1 spiro atoms.